The molecule has 7 heteroatoms. The highest BCUT2D eigenvalue weighted by Crippen LogP contribution is 2.43. The number of amides is 2. The van der Waals surface area contributed by atoms with E-state index in [-0.39, 0.29) is 17.9 Å². The molecule has 0 bridgehead atoms. The van der Waals surface area contributed by atoms with Gasteiger partial charge < -0.3 is 4.74 Å². The molecule has 0 N–H and O–H groups in total. The van der Waals surface area contributed by atoms with Crippen molar-refractivity contribution in [2.45, 2.75) is 58.6 Å². The van der Waals surface area contributed by atoms with Crippen LogP contribution in [0.4, 0.5) is 0 Å². The normalized spacial score (nSPS) is 21.2. The Morgan fingerprint density at radius 2 is 1.94 bits per heavy atom. The van der Waals surface area contributed by atoms with E-state index in [1.807, 2.05) is 31.2 Å². The number of ether oxygens (including phenoxy) is 1. The molecule has 1 saturated carbocycles. The molecule has 5 nitrogen and oxygen atoms in total. The Hall–Kier alpha value is -2.44. The SMILES string of the molecule is Cc1cc(Cl)cc(-c2ccnc3cc(CN4C(=O)CCC4=O)sc23)c1O[C@@H]1CC[C@@H](C)C1. The molecule has 1 aromatic carbocycles. The summed E-state index contributed by atoms with van der Waals surface area (Å²) in [6.45, 7) is 4.61. The number of likely N-dealkylation sites (tertiary alicyclic amines) is 1. The topological polar surface area (TPSA) is 59.5 Å². The van der Waals surface area contributed by atoms with E-state index in [4.69, 9.17) is 16.3 Å². The summed E-state index contributed by atoms with van der Waals surface area (Å²) in [6.07, 6.45) is 5.92. The van der Waals surface area contributed by atoms with Crippen molar-refractivity contribution in [1.82, 2.24) is 9.88 Å². The van der Waals surface area contributed by atoms with Gasteiger partial charge in [-0.3, -0.25) is 19.5 Å². The van der Waals surface area contributed by atoms with Crippen LogP contribution in [0.1, 0.15) is 49.5 Å². The summed E-state index contributed by atoms with van der Waals surface area (Å²) in [5, 5.41) is 0.666. The van der Waals surface area contributed by atoms with E-state index in [0.29, 0.717) is 30.3 Å². The number of carbonyl (C=O) groups excluding carboxylic acids is 2. The molecule has 5 rings (SSSR count). The predicted molar refractivity (Wildman–Crippen MR) is 127 cm³/mol. The summed E-state index contributed by atoms with van der Waals surface area (Å²) < 4.78 is 7.54. The van der Waals surface area contributed by atoms with Gasteiger partial charge >= 0.3 is 0 Å². The summed E-state index contributed by atoms with van der Waals surface area (Å²) in [6, 6.07) is 7.87. The van der Waals surface area contributed by atoms with E-state index < -0.39 is 0 Å². The lowest BCUT2D eigenvalue weighted by Crippen LogP contribution is -2.27. The second-order valence-corrected chi connectivity index (χ2v) is 10.5. The molecule has 3 heterocycles. The minimum Gasteiger partial charge on any atom is -0.489 e. The van der Waals surface area contributed by atoms with Crippen molar-refractivity contribution in [2.24, 2.45) is 5.92 Å². The number of carbonyl (C=O) groups is 2. The lowest BCUT2D eigenvalue weighted by atomic mass is 10.0. The fraction of sp³-hybridized carbons (Fsp3) is 0.400. The summed E-state index contributed by atoms with van der Waals surface area (Å²) in [5.74, 6) is 1.35. The minimum absolute atomic E-state index is 0.104. The Morgan fingerprint density at radius 3 is 2.66 bits per heavy atom. The van der Waals surface area contributed by atoms with Crippen LogP contribution in [0.15, 0.2) is 30.5 Å². The van der Waals surface area contributed by atoms with E-state index in [2.05, 4.69) is 11.9 Å². The minimum atomic E-state index is -0.104. The highest BCUT2D eigenvalue weighted by molar-refractivity contribution is 7.19. The number of aryl methyl sites for hydroxylation is 1. The maximum Gasteiger partial charge on any atom is 0.230 e. The third-order valence-electron chi connectivity index (χ3n) is 6.39. The number of hydrogen-bond donors (Lipinski definition) is 0. The maximum atomic E-state index is 12.1. The zero-order valence-corrected chi connectivity index (χ0v) is 19.8. The van der Waals surface area contributed by atoms with Crippen LogP contribution in [0.2, 0.25) is 5.02 Å². The predicted octanol–water partition coefficient (Wildman–Crippen LogP) is 6.14. The molecule has 1 aliphatic heterocycles. The molecule has 2 fully saturated rings. The van der Waals surface area contributed by atoms with E-state index in [1.54, 1.807) is 17.5 Å². The van der Waals surface area contributed by atoms with Crippen LogP contribution >= 0.6 is 22.9 Å². The van der Waals surface area contributed by atoms with Gasteiger partial charge in [-0.1, -0.05) is 18.5 Å². The number of fused-ring (bicyclic) bond motifs is 1. The lowest BCUT2D eigenvalue weighted by Gasteiger charge is -2.20. The Kier molecular flexibility index (Phi) is 5.68. The van der Waals surface area contributed by atoms with Crippen molar-refractivity contribution in [1.29, 1.82) is 0 Å². The maximum absolute atomic E-state index is 12.1. The Bertz CT molecular complexity index is 1210. The molecule has 1 aliphatic carbocycles. The van der Waals surface area contributed by atoms with Crippen LogP contribution in [0.5, 0.6) is 5.75 Å². The summed E-state index contributed by atoms with van der Waals surface area (Å²) in [7, 11) is 0. The van der Waals surface area contributed by atoms with Gasteiger partial charge in [0.25, 0.3) is 0 Å². The fourth-order valence-corrected chi connectivity index (χ4v) is 6.15. The summed E-state index contributed by atoms with van der Waals surface area (Å²) in [5.41, 5.74) is 3.84. The number of hydrogen-bond acceptors (Lipinski definition) is 5. The number of imide groups is 1. The molecule has 0 radical (unpaired) electrons. The van der Waals surface area contributed by atoms with Gasteiger partial charge in [0.05, 0.1) is 22.9 Å². The van der Waals surface area contributed by atoms with Gasteiger partial charge in [0, 0.05) is 40.1 Å². The molecule has 32 heavy (non-hydrogen) atoms. The van der Waals surface area contributed by atoms with Crippen molar-refractivity contribution < 1.29 is 14.3 Å². The number of thiophene rings is 1. The van der Waals surface area contributed by atoms with Crippen molar-refractivity contribution >= 4 is 45.0 Å². The number of halogens is 1. The molecule has 166 valence electrons. The quantitative estimate of drug-likeness (QED) is 0.422. The summed E-state index contributed by atoms with van der Waals surface area (Å²) in [4.78, 5) is 31.0. The number of nitrogens with zero attached hydrogens (tertiary/aromatic N) is 2. The van der Waals surface area contributed by atoms with E-state index >= 15 is 0 Å². The first-order chi connectivity index (χ1) is 15.4. The molecule has 2 aromatic heterocycles. The van der Waals surface area contributed by atoms with Gasteiger partial charge in [0.2, 0.25) is 11.8 Å². The zero-order valence-electron chi connectivity index (χ0n) is 18.2. The first-order valence-corrected chi connectivity index (χ1v) is 12.3. The second kappa shape index (κ2) is 8.49. The van der Waals surface area contributed by atoms with Crippen molar-refractivity contribution in [2.75, 3.05) is 0 Å². The van der Waals surface area contributed by atoms with Gasteiger partial charge in [-0.25, -0.2) is 0 Å². The van der Waals surface area contributed by atoms with Gasteiger partial charge in [-0.15, -0.1) is 11.3 Å². The average Bonchev–Trinajstić information content (AvgIpc) is 3.44. The highest BCUT2D eigenvalue weighted by Gasteiger charge is 2.30. The molecule has 1 saturated heterocycles. The molecule has 2 atom stereocenters. The van der Waals surface area contributed by atoms with Crippen LogP contribution in [-0.4, -0.2) is 27.8 Å². The average molecular weight is 469 g/mol. The first-order valence-electron chi connectivity index (χ1n) is 11.1. The van der Waals surface area contributed by atoms with E-state index in [0.717, 1.165) is 50.4 Å². The van der Waals surface area contributed by atoms with Crippen LogP contribution in [0.3, 0.4) is 0 Å². The standard InChI is InChI=1S/C25H25ClN2O3S/c1-14-3-4-17(9-14)31-24-15(2)10-16(26)11-20(24)19-7-8-27-21-12-18(32-25(19)21)13-28-22(29)5-6-23(28)30/h7-8,10-12,14,17H,3-6,9,13H2,1-2H3/t14-,17-/m1/s1. The fourth-order valence-electron chi connectivity index (χ4n) is 4.75. The molecule has 0 unspecified atom stereocenters. The third-order valence-corrected chi connectivity index (χ3v) is 7.75. The summed E-state index contributed by atoms with van der Waals surface area (Å²) >= 11 is 8.03. The van der Waals surface area contributed by atoms with Crippen LogP contribution in [0, 0.1) is 12.8 Å². The third kappa shape index (κ3) is 4.02. The van der Waals surface area contributed by atoms with E-state index in [1.165, 1.54) is 11.3 Å². The largest absolute Gasteiger partial charge is 0.489 e. The van der Waals surface area contributed by atoms with Gasteiger partial charge in [-0.05, 0) is 61.9 Å². The Morgan fingerprint density at radius 1 is 1.16 bits per heavy atom. The van der Waals surface area contributed by atoms with Crippen molar-refractivity contribution in [3.63, 3.8) is 0 Å². The number of aromatic nitrogens is 1. The Labute approximate surface area is 196 Å². The molecule has 0 spiro atoms. The smallest absolute Gasteiger partial charge is 0.230 e. The molecule has 3 aromatic rings. The second-order valence-electron chi connectivity index (χ2n) is 8.92. The lowest BCUT2D eigenvalue weighted by molar-refractivity contribution is -0.138. The first kappa shape index (κ1) is 21.4. The monoisotopic (exact) mass is 468 g/mol. The zero-order chi connectivity index (χ0) is 22.4. The van der Waals surface area contributed by atoms with Gasteiger partial charge in [0.15, 0.2) is 0 Å². The van der Waals surface area contributed by atoms with Crippen LogP contribution in [0.25, 0.3) is 21.3 Å². The van der Waals surface area contributed by atoms with E-state index in [9.17, 15) is 9.59 Å². The number of benzene rings is 1. The molecule has 2 aliphatic rings. The van der Waals surface area contributed by atoms with Gasteiger partial charge in [0.1, 0.15) is 5.75 Å². The molecular weight excluding hydrogens is 444 g/mol. The Balaban J connectivity index is 1.55. The van der Waals surface area contributed by atoms with Gasteiger partial charge in [-0.2, -0.15) is 0 Å². The molecular formula is C25H25ClN2O3S. The molecule has 2 amide bonds. The van der Waals surface area contributed by atoms with Crippen LogP contribution < -0.4 is 4.74 Å². The highest BCUT2D eigenvalue weighted by atomic mass is 35.5. The number of rotatable bonds is 5. The van der Waals surface area contributed by atoms with Crippen molar-refractivity contribution in [3.05, 3.63) is 45.9 Å². The van der Waals surface area contributed by atoms with Crippen LogP contribution in [-0.2, 0) is 16.1 Å². The number of pyridine rings is 1. The van der Waals surface area contributed by atoms with Crippen molar-refractivity contribution in [3.8, 4) is 16.9 Å².